The fourth-order valence-corrected chi connectivity index (χ4v) is 2.83. The Kier molecular flexibility index (Phi) is 9.20. The number of aromatic nitrogens is 1. The van der Waals surface area contributed by atoms with Gasteiger partial charge in [0.2, 0.25) is 0 Å². The van der Waals surface area contributed by atoms with Crippen molar-refractivity contribution in [2.75, 3.05) is 6.54 Å². The summed E-state index contributed by atoms with van der Waals surface area (Å²) >= 11 is 1.68. The van der Waals surface area contributed by atoms with Gasteiger partial charge in [-0.2, -0.15) is 0 Å². The van der Waals surface area contributed by atoms with Crippen molar-refractivity contribution in [2.45, 2.75) is 40.3 Å². The number of benzene rings is 1. The lowest BCUT2D eigenvalue weighted by atomic mass is 10.1. The molecule has 0 spiro atoms. The molecule has 0 saturated heterocycles. The average Bonchev–Trinajstić information content (AvgIpc) is 3.01. The summed E-state index contributed by atoms with van der Waals surface area (Å²) in [6.45, 7) is 7.83. The molecule has 4 nitrogen and oxygen atoms in total. The topological polar surface area (TPSA) is 49.3 Å². The summed E-state index contributed by atoms with van der Waals surface area (Å²) < 4.78 is 13.3. The van der Waals surface area contributed by atoms with E-state index in [0.29, 0.717) is 18.7 Å². The van der Waals surface area contributed by atoms with E-state index in [0.717, 1.165) is 35.2 Å². The Hall–Kier alpha value is -1.22. The quantitative estimate of drug-likeness (QED) is 0.387. The first kappa shape index (κ1) is 20.8. The zero-order valence-electron chi connectivity index (χ0n) is 14.2. The molecule has 2 aromatic rings. The second kappa shape index (κ2) is 10.6. The molecule has 2 N–H and O–H groups in total. The van der Waals surface area contributed by atoms with E-state index in [9.17, 15) is 4.39 Å². The Labute approximate surface area is 164 Å². The fraction of sp³-hybridized carbons (Fsp3) is 0.412. The predicted octanol–water partition coefficient (Wildman–Crippen LogP) is 4.03. The lowest BCUT2D eigenvalue weighted by Crippen LogP contribution is -2.36. The molecule has 1 heterocycles. The number of hydrogen-bond acceptors (Lipinski definition) is 3. The van der Waals surface area contributed by atoms with Gasteiger partial charge in [-0.25, -0.2) is 14.4 Å². The summed E-state index contributed by atoms with van der Waals surface area (Å²) in [6, 6.07) is 5.09. The lowest BCUT2D eigenvalue weighted by molar-refractivity contribution is 0.617. The first-order valence-corrected chi connectivity index (χ1v) is 8.70. The summed E-state index contributed by atoms with van der Waals surface area (Å²) in [5, 5.41) is 9.70. The molecule has 0 aliphatic rings. The van der Waals surface area contributed by atoms with Crippen LogP contribution in [0.2, 0.25) is 0 Å². The Morgan fingerprint density at radius 1 is 1.29 bits per heavy atom. The van der Waals surface area contributed by atoms with Gasteiger partial charge < -0.3 is 10.6 Å². The molecule has 0 bridgehead atoms. The van der Waals surface area contributed by atoms with Crippen molar-refractivity contribution in [1.82, 2.24) is 15.6 Å². The third-order valence-corrected chi connectivity index (χ3v) is 4.37. The SMILES string of the molecule is CCNC(=NCc1ccc(F)c(C)c1)NCc1csc(CC)n1.I. The third kappa shape index (κ3) is 6.35. The van der Waals surface area contributed by atoms with E-state index in [1.807, 2.05) is 13.0 Å². The Morgan fingerprint density at radius 2 is 2.08 bits per heavy atom. The molecule has 24 heavy (non-hydrogen) atoms. The smallest absolute Gasteiger partial charge is 0.191 e. The van der Waals surface area contributed by atoms with Crippen LogP contribution in [0.3, 0.4) is 0 Å². The molecule has 2 rings (SSSR count). The molecular formula is C17H24FIN4S. The molecule has 0 atom stereocenters. The van der Waals surface area contributed by atoms with E-state index in [1.54, 1.807) is 24.3 Å². The molecule has 0 radical (unpaired) electrons. The summed E-state index contributed by atoms with van der Waals surface area (Å²) in [5.41, 5.74) is 2.66. The molecule has 1 aromatic carbocycles. The lowest BCUT2D eigenvalue weighted by Gasteiger charge is -2.10. The highest BCUT2D eigenvalue weighted by Gasteiger charge is 2.03. The number of nitrogens with zero attached hydrogens (tertiary/aromatic N) is 2. The van der Waals surface area contributed by atoms with Crippen molar-refractivity contribution in [3.8, 4) is 0 Å². The van der Waals surface area contributed by atoms with Gasteiger partial charge in [0.1, 0.15) is 5.82 Å². The maximum atomic E-state index is 13.3. The number of hydrogen-bond donors (Lipinski definition) is 2. The van der Waals surface area contributed by atoms with E-state index in [2.05, 4.69) is 32.9 Å². The zero-order valence-corrected chi connectivity index (χ0v) is 17.4. The van der Waals surface area contributed by atoms with E-state index in [4.69, 9.17) is 0 Å². The minimum absolute atomic E-state index is 0. The Balaban J connectivity index is 0.00000288. The molecular weight excluding hydrogens is 438 g/mol. The van der Waals surface area contributed by atoms with Gasteiger partial charge in [0.25, 0.3) is 0 Å². The second-order valence-electron chi connectivity index (χ2n) is 5.22. The number of halogens is 2. The minimum Gasteiger partial charge on any atom is -0.357 e. The van der Waals surface area contributed by atoms with Gasteiger partial charge >= 0.3 is 0 Å². The predicted molar refractivity (Wildman–Crippen MR) is 110 cm³/mol. The van der Waals surface area contributed by atoms with Crippen LogP contribution in [-0.2, 0) is 19.5 Å². The van der Waals surface area contributed by atoms with Crippen LogP contribution in [0.5, 0.6) is 0 Å². The van der Waals surface area contributed by atoms with Gasteiger partial charge in [0.15, 0.2) is 5.96 Å². The first-order chi connectivity index (χ1) is 11.1. The second-order valence-corrected chi connectivity index (χ2v) is 6.16. The van der Waals surface area contributed by atoms with Crippen LogP contribution in [-0.4, -0.2) is 17.5 Å². The molecule has 0 aliphatic heterocycles. The van der Waals surface area contributed by atoms with Crippen LogP contribution in [0.15, 0.2) is 28.6 Å². The summed E-state index contributed by atoms with van der Waals surface area (Å²) in [4.78, 5) is 9.08. The van der Waals surface area contributed by atoms with Crippen LogP contribution in [0.1, 0.15) is 35.7 Å². The minimum atomic E-state index is -0.182. The van der Waals surface area contributed by atoms with Gasteiger partial charge in [-0.1, -0.05) is 19.1 Å². The van der Waals surface area contributed by atoms with Crippen LogP contribution in [0.25, 0.3) is 0 Å². The standard InChI is InChI=1S/C17H23FN4S.HI/c1-4-16-22-14(11-23-16)10-21-17(19-5-2)20-9-13-6-7-15(18)12(3)8-13;/h6-8,11H,4-5,9-10H2,1-3H3,(H2,19,20,21);1H. The Bertz CT molecular complexity index is 672. The fourth-order valence-electron chi connectivity index (χ4n) is 2.08. The number of nitrogens with one attached hydrogen (secondary N) is 2. The van der Waals surface area contributed by atoms with Crippen LogP contribution < -0.4 is 10.6 Å². The largest absolute Gasteiger partial charge is 0.357 e. The van der Waals surface area contributed by atoms with E-state index < -0.39 is 0 Å². The van der Waals surface area contributed by atoms with Crippen LogP contribution in [0.4, 0.5) is 4.39 Å². The van der Waals surface area contributed by atoms with Crippen LogP contribution in [0, 0.1) is 12.7 Å². The number of aliphatic imine (C=N–C) groups is 1. The highest BCUT2D eigenvalue weighted by Crippen LogP contribution is 2.11. The summed E-state index contributed by atoms with van der Waals surface area (Å²) in [5.74, 6) is 0.554. The number of guanidine groups is 1. The zero-order chi connectivity index (χ0) is 16.7. The highest BCUT2D eigenvalue weighted by atomic mass is 127. The van der Waals surface area contributed by atoms with Gasteiger partial charge in [0, 0.05) is 11.9 Å². The van der Waals surface area contributed by atoms with Crippen molar-refractivity contribution >= 4 is 41.3 Å². The highest BCUT2D eigenvalue weighted by molar-refractivity contribution is 14.0. The van der Waals surface area contributed by atoms with Crippen molar-refractivity contribution in [2.24, 2.45) is 4.99 Å². The molecule has 0 aliphatic carbocycles. The first-order valence-electron chi connectivity index (χ1n) is 7.82. The molecule has 1 aromatic heterocycles. The molecule has 0 fully saturated rings. The normalized spacial score (nSPS) is 11.1. The monoisotopic (exact) mass is 462 g/mol. The maximum Gasteiger partial charge on any atom is 0.191 e. The van der Waals surface area contributed by atoms with Crippen molar-refractivity contribution < 1.29 is 4.39 Å². The van der Waals surface area contributed by atoms with Gasteiger partial charge in [-0.3, -0.25) is 0 Å². The maximum absolute atomic E-state index is 13.3. The average molecular weight is 462 g/mol. The van der Waals surface area contributed by atoms with Gasteiger partial charge in [0.05, 0.1) is 23.8 Å². The molecule has 0 amide bonds. The van der Waals surface area contributed by atoms with Crippen LogP contribution >= 0.6 is 35.3 Å². The molecule has 0 saturated carbocycles. The van der Waals surface area contributed by atoms with Crippen molar-refractivity contribution in [3.05, 3.63) is 51.2 Å². The van der Waals surface area contributed by atoms with E-state index in [-0.39, 0.29) is 29.8 Å². The molecule has 132 valence electrons. The van der Waals surface area contributed by atoms with Crippen molar-refractivity contribution in [3.63, 3.8) is 0 Å². The summed E-state index contributed by atoms with van der Waals surface area (Å²) in [6.07, 6.45) is 0.961. The Morgan fingerprint density at radius 3 is 2.71 bits per heavy atom. The van der Waals surface area contributed by atoms with E-state index in [1.165, 1.54) is 6.07 Å². The summed E-state index contributed by atoms with van der Waals surface area (Å²) in [7, 11) is 0. The third-order valence-electron chi connectivity index (χ3n) is 3.33. The van der Waals surface area contributed by atoms with E-state index >= 15 is 0 Å². The molecule has 7 heteroatoms. The number of thiazole rings is 1. The number of aryl methyl sites for hydroxylation is 2. The van der Waals surface area contributed by atoms with Gasteiger partial charge in [-0.15, -0.1) is 35.3 Å². The van der Waals surface area contributed by atoms with Crippen molar-refractivity contribution in [1.29, 1.82) is 0 Å². The number of rotatable bonds is 6. The molecule has 0 unspecified atom stereocenters. The van der Waals surface area contributed by atoms with Gasteiger partial charge in [-0.05, 0) is 37.5 Å².